The smallest absolute Gasteiger partial charge is 0.275 e. The number of hydrogen-bond donors (Lipinski definition) is 0. The molecule has 0 aliphatic heterocycles. The lowest BCUT2D eigenvalue weighted by atomic mass is 10.1. The summed E-state index contributed by atoms with van der Waals surface area (Å²) in [5, 5.41) is 10.5. The highest BCUT2D eigenvalue weighted by Gasteiger charge is 2.20. The average Bonchev–Trinajstić information content (AvgIpc) is 2.20. The number of carbonyl (C=O) groups is 1. The Morgan fingerprint density at radius 2 is 2.20 bits per heavy atom. The Hall–Kier alpha value is -1.49. The summed E-state index contributed by atoms with van der Waals surface area (Å²) in [4.78, 5) is 20.9. The van der Waals surface area contributed by atoms with Gasteiger partial charge in [0.1, 0.15) is 5.82 Å². The second kappa shape index (κ2) is 4.35. The van der Waals surface area contributed by atoms with Gasteiger partial charge in [-0.3, -0.25) is 14.9 Å². The monoisotopic (exact) mass is 231 g/mol. The molecule has 0 atom stereocenters. The van der Waals surface area contributed by atoms with E-state index in [-0.39, 0.29) is 22.7 Å². The van der Waals surface area contributed by atoms with Crippen molar-refractivity contribution in [1.82, 2.24) is 0 Å². The minimum Gasteiger partial charge on any atom is -0.293 e. The summed E-state index contributed by atoms with van der Waals surface area (Å²) in [5.74, 6) is -1.82. The van der Waals surface area contributed by atoms with Gasteiger partial charge in [-0.05, 0) is 13.0 Å². The maximum atomic E-state index is 13.5. The van der Waals surface area contributed by atoms with E-state index in [1.165, 1.54) is 6.92 Å². The Morgan fingerprint density at radius 1 is 1.60 bits per heavy atom. The molecule has 0 spiro atoms. The second-order valence-corrected chi connectivity index (χ2v) is 3.15. The summed E-state index contributed by atoms with van der Waals surface area (Å²) in [7, 11) is 0. The summed E-state index contributed by atoms with van der Waals surface area (Å²) in [5.41, 5.74) is -0.720. The SMILES string of the molecule is Cc1c([N+](=O)[O-])ccc(C(=O)CCl)c1F. The van der Waals surface area contributed by atoms with E-state index in [2.05, 4.69) is 0 Å². The van der Waals surface area contributed by atoms with Crippen molar-refractivity contribution in [2.45, 2.75) is 6.92 Å². The molecule has 0 saturated carbocycles. The molecule has 15 heavy (non-hydrogen) atoms. The molecule has 0 aliphatic carbocycles. The van der Waals surface area contributed by atoms with E-state index in [1.54, 1.807) is 0 Å². The predicted octanol–water partition coefficient (Wildman–Crippen LogP) is 2.46. The maximum absolute atomic E-state index is 13.5. The van der Waals surface area contributed by atoms with Gasteiger partial charge < -0.3 is 0 Å². The van der Waals surface area contributed by atoms with Gasteiger partial charge in [0.05, 0.1) is 21.9 Å². The van der Waals surface area contributed by atoms with Crippen LogP contribution in [0.4, 0.5) is 10.1 Å². The number of carbonyl (C=O) groups excluding carboxylic acids is 1. The number of rotatable bonds is 3. The number of nitrogens with zero attached hydrogens (tertiary/aromatic N) is 1. The zero-order chi connectivity index (χ0) is 11.6. The van der Waals surface area contributed by atoms with Crippen molar-refractivity contribution < 1.29 is 14.1 Å². The fourth-order valence-corrected chi connectivity index (χ4v) is 1.30. The first-order chi connectivity index (χ1) is 6.99. The molecule has 0 amide bonds. The molecule has 1 aromatic rings. The second-order valence-electron chi connectivity index (χ2n) is 2.89. The van der Waals surface area contributed by atoms with Crippen LogP contribution in [-0.4, -0.2) is 16.6 Å². The number of nitro groups is 1. The number of alkyl halides is 1. The highest BCUT2D eigenvalue weighted by atomic mass is 35.5. The highest BCUT2D eigenvalue weighted by Crippen LogP contribution is 2.23. The summed E-state index contributed by atoms with van der Waals surface area (Å²) in [6.07, 6.45) is 0. The summed E-state index contributed by atoms with van der Waals surface area (Å²) < 4.78 is 13.5. The van der Waals surface area contributed by atoms with Gasteiger partial charge in [-0.25, -0.2) is 4.39 Å². The van der Waals surface area contributed by atoms with E-state index in [4.69, 9.17) is 11.6 Å². The van der Waals surface area contributed by atoms with E-state index in [0.717, 1.165) is 12.1 Å². The average molecular weight is 232 g/mol. The Morgan fingerprint density at radius 3 is 2.67 bits per heavy atom. The minimum absolute atomic E-state index is 0.157. The Labute approximate surface area is 89.8 Å². The van der Waals surface area contributed by atoms with E-state index < -0.39 is 16.5 Å². The zero-order valence-electron chi connectivity index (χ0n) is 7.79. The van der Waals surface area contributed by atoms with Crippen molar-refractivity contribution >= 4 is 23.1 Å². The van der Waals surface area contributed by atoms with Crippen LogP contribution in [0.25, 0.3) is 0 Å². The minimum atomic E-state index is -0.880. The molecular weight excluding hydrogens is 225 g/mol. The Bertz CT molecular complexity index is 434. The largest absolute Gasteiger partial charge is 0.293 e. The van der Waals surface area contributed by atoms with Gasteiger partial charge in [-0.2, -0.15) is 0 Å². The molecule has 80 valence electrons. The van der Waals surface area contributed by atoms with Crippen LogP contribution in [0.3, 0.4) is 0 Å². The van der Waals surface area contributed by atoms with Crippen molar-refractivity contribution in [2.75, 3.05) is 5.88 Å². The van der Waals surface area contributed by atoms with Gasteiger partial charge in [0, 0.05) is 6.07 Å². The van der Waals surface area contributed by atoms with Gasteiger partial charge in [0.2, 0.25) is 0 Å². The highest BCUT2D eigenvalue weighted by molar-refractivity contribution is 6.30. The molecular formula is C9H7ClFNO3. The van der Waals surface area contributed by atoms with Crippen molar-refractivity contribution in [2.24, 2.45) is 0 Å². The molecule has 1 rings (SSSR count). The van der Waals surface area contributed by atoms with E-state index >= 15 is 0 Å². The lowest BCUT2D eigenvalue weighted by Crippen LogP contribution is -2.06. The van der Waals surface area contributed by atoms with Crippen LogP contribution in [0.1, 0.15) is 15.9 Å². The number of ketones is 1. The summed E-state index contributed by atoms with van der Waals surface area (Å²) >= 11 is 5.26. The van der Waals surface area contributed by atoms with Crippen molar-refractivity contribution in [3.63, 3.8) is 0 Å². The third kappa shape index (κ3) is 2.12. The molecule has 0 unspecified atom stereocenters. The van der Waals surface area contributed by atoms with Crippen LogP contribution >= 0.6 is 11.6 Å². The molecule has 6 heteroatoms. The van der Waals surface area contributed by atoms with Crippen LogP contribution in [0.15, 0.2) is 12.1 Å². The standard InChI is InChI=1S/C9H7ClFNO3/c1-5-7(12(14)15)3-2-6(9(5)11)8(13)4-10/h2-3H,4H2,1H3. The first kappa shape index (κ1) is 11.6. The zero-order valence-corrected chi connectivity index (χ0v) is 8.55. The fourth-order valence-electron chi connectivity index (χ4n) is 1.16. The topological polar surface area (TPSA) is 60.2 Å². The van der Waals surface area contributed by atoms with Gasteiger partial charge in [-0.1, -0.05) is 0 Å². The van der Waals surface area contributed by atoms with Crippen LogP contribution < -0.4 is 0 Å². The Balaban J connectivity index is 3.33. The third-order valence-electron chi connectivity index (χ3n) is 1.98. The fraction of sp³-hybridized carbons (Fsp3) is 0.222. The maximum Gasteiger partial charge on any atom is 0.275 e. The molecule has 1 aromatic carbocycles. The molecule has 0 fully saturated rings. The number of halogens is 2. The number of hydrogen-bond acceptors (Lipinski definition) is 3. The normalized spacial score (nSPS) is 10.1. The molecule has 0 N–H and O–H groups in total. The number of Topliss-reactive ketones (excluding diaryl/α,β-unsaturated/α-hetero) is 1. The van der Waals surface area contributed by atoms with E-state index in [9.17, 15) is 19.3 Å². The van der Waals surface area contributed by atoms with Crippen LogP contribution in [0.5, 0.6) is 0 Å². The molecule has 0 aromatic heterocycles. The van der Waals surface area contributed by atoms with Crippen LogP contribution in [-0.2, 0) is 0 Å². The predicted molar refractivity (Wildman–Crippen MR) is 52.8 cm³/mol. The van der Waals surface area contributed by atoms with Crippen LogP contribution in [0, 0.1) is 22.9 Å². The van der Waals surface area contributed by atoms with E-state index in [1.807, 2.05) is 0 Å². The van der Waals surface area contributed by atoms with Crippen molar-refractivity contribution in [3.05, 3.63) is 39.2 Å². The third-order valence-corrected chi connectivity index (χ3v) is 2.22. The first-order valence-corrected chi connectivity index (χ1v) is 4.55. The first-order valence-electron chi connectivity index (χ1n) is 4.01. The lowest BCUT2D eigenvalue weighted by molar-refractivity contribution is -0.385. The van der Waals surface area contributed by atoms with E-state index in [0.29, 0.717) is 0 Å². The van der Waals surface area contributed by atoms with Crippen molar-refractivity contribution in [3.8, 4) is 0 Å². The van der Waals surface area contributed by atoms with Gasteiger partial charge in [0.25, 0.3) is 5.69 Å². The molecule has 0 radical (unpaired) electrons. The summed E-state index contributed by atoms with van der Waals surface area (Å²) in [6, 6.07) is 2.17. The van der Waals surface area contributed by atoms with Gasteiger partial charge in [-0.15, -0.1) is 11.6 Å². The van der Waals surface area contributed by atoms with Crippen LogP contribution in [0.2, 0.25) is 0 Å². The quantitative estimate of drug-likeness (QED) is 0.347. The number of nitro benzene ring substituents is 1. The molecule has 0 saturated heterocycles. The Kier molecular flexibility index (Phi) is 3.36. The summed E-state index contributed by atoms with van der Waals surface area (Å²) in [6.45, 7) is 1.25. The lowest BCUT2D eigenvalue weighted by Gasteiger charge is -2.03. The number of benzene rings is 1. The molecule has 0 aliphatic rings. The van der Waals surface area contributed by atoms with Crippen molar-refractivity contribution in [1.29, 1.82) is 0 Å². The molecule has 0 heterocycles. The molecule has 0 bridgehead atoms. The van der Waals surface area contributed by atoms with Gasteiger partial charge in [0.15, 0.2) is 5.78 Å². The molecule has 4 nitrogen and oxygen atoms in total. The van der Waals surface area contributed by atoms with Gasteiger partial charge >= 0.3 is 0 Å².